The number of hydrogen-bond acceptors (Lipinski definition) is 3. The number of nitrogens with one attached hydrogen (secondary N) is 1. The molecule has 0 saturated heterocycles. The number of sulfonamides is 1. The fraction of sp³-hybridized carbons (Fsp3) is 0.174. The number of amides is 1. The zero-order valence-corrected chi connectivity index (χ0v) is 17.9. The Morgan fingerprint density at radius 3 is 2.10 bits per heavy atom. The topological polar surface area (TPSA) is 66.5 Å². The standard InChI is InChI=1S/C23H22F2N2O3S/c1-3-16-4-6-17(7-5-16)15-27(2)23(28)18-8-10-19(11-9-18)26-31(29,30)20-12-13-21(24)22(25)14-20/h4-14,26H,3,15H2,1-2H3. The van der Waals surface area contributed by atoms with Crippen molar-refractivity contribution in [3.63, 3.8) is 0 Å². The number of rotatable bonds is 7. The molecular weight excluding hydrogens is 422 g/mol. The summed E-state index contributed by atoms with van der Waals surface area (Å²) in [5.74, 6) is -2.60. The Bertz CT molecular complexity index is 1180. The first kappa shape index (κ1) is 22.4. The third-order valence-corrected chi connectivity index (χ3v) is 6.16. The van der Waals surface area contributed by atoms with Gasteiger partial charge in [0.25, 0.3) is 15.9 Å². The van der Waals surface area contributed by atoms with Gasteiger partial charge in [0, 0.05) is 24.8 Å². The summed E-state index contributed by atoms with van der Waals surface area (Å²) in [6, 6.07) is 16.2. The van der Waals surface area contributed by atoms with Crippen LogP contribution in [0, 0.1) is 11.6 Å². The van der Waals surface area contributed by atoms with Crippen LogP contribution < -0.4 is 4.72 Å². The summed E-state index contributed by atoms with van der Waals surface area (Å²) in [6.07, 6.45) is 0.946. The Morgan fingerprint density at radius 2 is 1.52 bits per heavy atom. The van der Waals surface area contributed by atoms with Gasteiger partial charge in [-0.3, -0.25) is 9.52 Å². The van der Waals surface area contributed by atoms with Crippen molar-refractivity contribution >= 4 is 21.6 Å². The molecule has 0 aliphatic carbocycles. The van der Waals surface area contributed by atoms with E-state index in [4.69, 9.17) is 0 Å². The highest BCUT2D eigenvalue weighted by Crippen LogP contribution is 2.19. The van der Waals surface area contributed by atoms with Crippen LogP contribution in [0.5, 0.6) is 0 Å². The van der Waals surface area contributed by atoms with Gasteiger partial charge < -0.3 is 4.90 Å². The fourth-order valence-electron chi connectivity index (χ4n) is 2.99. The van der Waals surface area contributed by atoms with Crippen LogP contribution in [0.3, 0.4) is 0 Å². The molecule has 3 aromatic carbocycles. The van der Waals surface area contributed by atoms with Gasteiger partial charge in [-0.25, -0.2) is 17.2 Å². The van der Waals surface area contributed by atoms with Crippen molar-refractivity contribution in [1.29, 1.82) is 0 Å². The van der Waals surface area contributed by atoms with E-state index in [9.17, 15) is 22.0 Å². The molecule has 0 spiro atoms. The van der Waals surface area contributed by atoms with E-state index in [2.05, 4.69) is 11.6 Å². The summed E-state index contributed by atoms with van der Waals surface area (Å²) < 4.78 is 53.4. The molecule has 0 bridgehead atoms. The van der Waals surface area contributed by atoms with Gasteiger partial charge in [0.2, 0.25) is 0 Å². The monoisotopic (exact) mass is 444 g/mol. The van der Waals surface area contributed by atoms with Gasteiger partial charge in [0.15, 0.2) is 11.6 Å². The minimum atomic E-state index is -4.10. The second kappa shape index (κ2) is 9.26. The predicted molar refractivity (Wildman–Crippen MR) is 115 cm³/mol. The molecule has 0 aliphatic heterocycles. The van der Waals surface area contributed by atoms with E-state index in [0.717, 1.165) is 24.1 Å². The van der Waals surface area contributed by atoms with Crippen LogP contribution >= 0.6 is 0 Å². The summed E-state index contributed by atoms with van der Waals surface area (Å²) in [4.78, 5) is 13.8. The summed E-state index contributed by atoms with van der Waals surface area (Å²) >= 11 is 0. The van der Waals surface area contributed by atoms with Crippen molar-refractivity contribution in [3.05, 3.63) is 95.1 Å². The van der Waals surface area contributed by atoms with E-state index in [1.165, 1.54) is 29.8 Å². The Kier molecular flexibility index (Phi) is 6.70. The molecule has 0 atom stereocenters. The Labute approximate surface area is 180 Å². The molecule has 1 amide bonds. The lowest BCUT2D eigenvalue weighted by molar-refractivity contribution is 0.0785. The highest BCUT2D eigenvalue weighted by molar-refractivity contribution is 7.92. The molecule has 0 aliphatic rings. The van der Waals surface area contributed by atoms with Gasteiger partial charge in [0.1, 0.15) is 0 Å². The number of halogens is 2. The van der Waals surface area contributed by atoms with Crippen molar-refractivity contribution in [2.24, 2.45) is 0 Å². The highest BCUT2D eigenvalue weighted by atomic mass is 32.2. The van der Waals surface area contributed by atoms with Crippen molar-refractivity contribution in [1.82, 2.24) is 4.90 Å². The molecule has 0 heterocycles. The Balaban J connectivity index is 1.68. The molecule has 0 unspecified atom stereocenters. The molecule has 0 saturated carbocycles. The van der Waals surface area contributed by atoms with Crippen molar-refractivity contribution in [2.45, 2.75) is 24.8 Å². The minimum Gasteiger partial charge on any atom is -0.337 e. The summed E-state index contributed by atoms with van der Waals surface area (Å²) in [7, 11) is -2.41. The maximum atomic E-state index is 13.4. The lowest BCUT2D eigenvalue weighted by Crippen LogP contribution is -2.26. The average Bonchev–Trinajstić information content (AvgIpc) is 2.76. The number of benzene rings is 3. The molecule has 0 radical (unpaired) electrons. The molecule has 1 N–H and O–H groups in total. The van der Waals surface area contributed by atoms with Crippen LogP contribution in [0.25, 0.3) is 0 Å². The number of nitrogens with zero attached hydrogens (tertiary/aromatic N) is 1. The van der Waals surface area contributed by atoms with Gasteiger partial charge in [-0.05, 0) is 60.0 Å². The number of carbonyl (C=O) groups excluding carboxylic acids is 1. The van der Waals surface area contributed by atoms with Gasteiger partial charge >= 0.3 is 0 Å². The first-order chi connectivity index (χ1) is 14.7. The predicted octanol–water partition coefficient (Wildman–Crippen LogP) is 4.60. The molecule has 8 heteroatoms. The minimum absolute atomic E-state index is 0.194. The second-order valence-electron chi connectivity index (χ2n) is 7.09. The fourth-order valence-corrected chi connectivity index (χ4v) is 4.06. The summed E-state index contributed by atoms with van der Waals surface area (Å²) in [6.45, 7) is 2.51. The highest BCUT2D eigenvalue weighted by Gasteiger charge is 2.17. The maximum Gasteiger partial charge on any atom is 0.261 e. The largest absolute Gasteiger partial charge is 0.337 e. The molecule has 0 aromatic heterocycles. The number of aryl methyl sites for hydroxylation is 1. The summed E-state index contributed by atoms with van der Waals surface area (Å²) in [5.41, 5.74) is 2.81. The van der Waals surface area contributed by atoms with E-state index in [1.54, 1.807) is 11.9 Å². The first-order valence-corrected chi connectivity index (χ1v) is 11.1. The van der Waals surface area contributed by atoms with E-state index >= 15 is 0 Å². The molecule has 3 aromatic rings. The van der Waals surface area contributed by atoms with Crippen molar-refractivity contribution < 1.29 is 22.0 Å². The van der Waals surface area contributed by atoms with Crippen LogP contribution in [0.4, 0.5) is 14.5 Å². The van der Waals surface area contributed by atoms with Crippen LogP contribution in [-0.2, 0) is 23.0 Å². The molecule has 5 nitrogen and oxygen atoms in total. The van der Waals surface area contributed by atoms with Crippen molar-refractivity contribution in [3.8, 4) is 0 Å². The molecule has 0 fully saturated rings. The van der Waals surface area contributed by atoms with Crippen LogP contribution in [0.2, 0.25) is 0 Å². The molecule has 31 heavy (non-hydrogen) atoms. The lowest BCUT2D eigenvalue weighted by Gasteiger charge is -2.18. The van der Waals surface area contributed by atoms with Crippen LogP contribution in [-0.4, -0.2) is 26.3 Å². The second-order valence-corrected chi connectivity index (χ2v) is 8.77. The van der Waals surface area contributed by atoms with Crippen LogP contribution in [0.15, 0.2) is 71.6 Å². The number of carbonyl (C=O) groups is 1. The van der Waals surface area contributed by atoms with Gasteiger partial charge in [0.05, 0.1) is 4.90 Å². The summed E-state index contributed by atoms with van der Waals surface area (Å²) in [5, 5.41) is 0. The normalized spacial score (nSPS) is 11.2. The molecule has 162 valence electrons. The first-order valence-electron chi connectivity index (χ1n) is 9.61. The van der Waals surface area contributed by atoms with Gasteiger partial charge in [-0.1, -0.05) is 31.2 Å². The SMILES string of the molecule is CCc1ccc(CN(C)C(=O)c2ccc(NS(=O)(=O)c3ccc(F)c(F)c3)cc2)cc1. The van der Waals surface area contributed by atoms with E-state index in [1.807, 2.05) is 24.3 Å². The Morgan fingerprint density at radius 1 is 0.903 bits per heavy atom. The quantitative estimate of drug-likeness (QED) is 0.579. The zero-order chi connectivity index (χ0) is 22.6. The van der Waals surface area contributed by atoms with Crippen LogP contribution in [0.1, 0.15) is 28.4 Å². The molecule has 3 rings (SSSR count). The van der Waals surface area contributed by atoms with E-state index < -0.39 is 26.6 Å². The molecular formula is C23H22F2N2O3S. The van der Waals surface area contributed by atoms with E-state index in [-0.39, 0.29) is 11.6 Å². The zero-order valence-electron chi connectivity index (χ0n) is 17.1. The maximum absolute atomic E-state index is 13.4. The van der Waals surface area contributed by atoms with Crippen molar-refractivity contribution in [2.75, 3.05) is 11.8 Å². The number of anilines is 1. The average molecular weight is 445 g/mol. The Hall–Kier alpha value is -3.26. The third-order valence-electron chi connectivity index (χ3n) is 4.78. The van der Waals surface area contributed by atoms with Gasteiger partial charge in [-0.2, -0.15) is 0 Å². The smallest absolute Gasteiger partial charge is 0.261 e. The number of hydrogen-bond donors (Lipinski definition) is 1. The lowest BCUT2D eigenvalue weighted by atomic mass is 10.1. The van der Waals surface area contributed by atoms with Gasteiger partial charge in [-0.15, -0.1) is 0 Å². The third kappa shape index (κ3) is 5.46. The van der Waals surface area contributed by atoms with E-state index in [0.29, 0.717) is 18.2 Å².